The summed E-state index contributed by atoms with van der Waals surface area (Å²) in [5.74, 6) is 2.39. The second-order valence-corrected chi connectivity index (χ2v) is 5.65. The standard InChI is InChI=1S/C13H20IN3O/c1-4-15-12-10(14)8(3)16-13(17-12)11(18-5-2)9-6-7-9/h9,11H,4-7H2,1-3H3,(H,15,16,17). The molecular weight excluding hydrogens is 341 g/mol. The molecule has 4 nitrogen and oxygen atoms in total. The lowest BCUT2D eigenvalue weighted by Crippen LogP contribution is -2.15. The monoisotopic (exact) mass is 361 g/mol. The van der Waals surface area contributed by atoms with Gasteiger partial charge in [-0.15, -0.1) is 0 Å². The van der Waals surface area contributed by atoms with Crippen molar-refractivity contribution in [2.45, 2.75) is 39.7 Å². The van der Waals surface area contributed by atoms with Crippen molar-refractivity contribution in [3.05, 3.63) is 15.1 Å². The van der Waals surface area contributed by atoms with Crippen LogP contribution in [-0.2, 0) is 4.74 Å². The number of anilines is 1. The fourth-order valence-corrected chi connectivity index (χ4v) is 2.42. The maximum atomic E-state index is 5.82. The van der Waals surface area contributed by atoms with Crippen LogP contribution in [0.15, 0.2) is 0 Å². The zero-order valence-electron chi connectivity index (χ0n) is 11.2. The van der Waals surface area contributed by atoms with E-state index in [4.69, 9.17) is 4.74 Å². The number of halogens is 1. The molecule has 1 N–H and O–H groups in total. The Hall–Kier alpha value is -0.430. The molecule has 1 saturated carbocycles. The van der Waals surface area contributed by atoms with E-state index >= 15 is 0 Å². The molecule has 1 aromatic rings. The van der Waals surface area contributed by atoms with Crippen LogP contribution in [0.3, 0.4) is 0 Å². The Morgan fingerprint density at radius 2 is 2.11 bits per heavy atom. The zero-order chi connectivity index (χ0) is 13.1. The molecule has 1 fully saturated rings. The molecule has 18 heavy (non-hydrogen) atoms. The average molecular weight is 361 g/mol. The van der Waals surface area contributed by atoms with E-state index < -0.39 is 0 Å². The molecule has 0 bridgehead atoms. The first-order valence-corrected chi connectivity index (χ1v) is 7.64. The van der Waals surface area contributed by atoms with E-state index in [-0.39, 0.29) is 6.10 Å². The van der Waals surface area contributed by atoms with Gasteiger partial charge in [0, 0.05) is 13.2 Å². The molecule has 5 heteroatoms. The first kappa shape index (κ1) is 14.0. The third kappa shape index (κ3) is 3.12. The van der Waals surface area contributed by atoms with E-state index in [0.29, 0.717) is 12.5 Å². The molecule has 0 radical (unpaired) electrons. The van der Waals surface area contributed by atoms with Gasteiger partial charge in [0.15, 0.2) is 5.82 Å². The van der Waals surface area contributed by atoms with Gasteiger partial charge in [0.1, 0.15) is 11.9 Å². The lowest BCUT2D eigenvalue weighted by Gasteiger charge is -2.17. The summed E-state index contributed by atoms with van der Waals surface area (Å²) in [5.41, 5.74) is 1.03. The van der Waals surface area contributed by atoms with Crippen LogP contribution in [0.5, 0.6) is 0 Å². The molecule has 1 aliphatic carbocycles. The van der Waals surface area contributed by atoms with Gasteiger partial charge in [-0.05, 0) is 62.1 Å². The molecule has 1 aromatic heterocycles. The Labute approximate surface area is 122 Å². The smallest absolute Gasteiger partial charge is 0.160 e. The van der Waals surface area contributed by atoms with Gasteiger partial charge in [-0.3, -0.25) is 0 Å². The highest BCUT2D eigenvalue weighted by Gasteiger charge is 2.35. The second-order valence-electron chi connectivity index (χ2n) is 4.57. The molecule has 0 aliphatic heterocycles. The van der Waals surface area contributed by atoms with Gasteiger partial charge < -0.3 is 10.1 Å². The normalized spacial score (nSPS) is 16.7. The Morgan fingerprint density at radius 1 is 1.39 bits per heavy atom. The average Bonchev–Trinajstić information content (AvgIpc) is 3.16. The van der Waals surface area contributed by atoms with Crippen LogP contribution in [-0.4, -0.2) is 23.1 Å². The highest BCUT2D eigenvalue weighted by atomic mass is 127. The maximum Gasteiger partial charge on any atom is 0.160 e. The molecule has 1 aliphatic rings. The summed E-state index contributed by atoms with van der Waals surface area (Å²) in [6.07, 6.45) is 2.54. The quantitative estimate of drug-likeness (QED) is 0.790. The molecule has 1 heterocycles. The predicted molar refractivity (Wildman–Crippen MR) is 80.7 cm³/mol. The molecule has 100 valence electrons. The van der Waals surface area contributed by atoms with Crippen LogP contribution >= 0.6 is 22.6 Å². The van der Waals surface area contributed by atoms with Crippen molar-refractivity contribution in [2.75, 3.05) is 18.5 Å². The van der Waals surface area contributed by atoms with Gasteiger partial charge in [-0.1, -0.05) is 0 Å². The topological polar surface area (TPSA) is 47.0 Å². The Balaban J connectivity index is 2.30. The van der Waals surface area contributed by atoms with Crippen molar-refractivity contribution in [3.8, 4) is 0 Å². The van der Waals surface area contributed by atoms with Crippen molar-refractivity contribution < 1.29 is 4.74 Å². The highest BCUT2D eigenvalue weighted by molar-refractivity contribution is 14.1. The number of hydrogen-bond donors (Lipinski definition) is 1. The lowest BCUT2D eigenvalue weighted by molar-refractivity contribution is 0.0400. The van der Waals surface area contributed by atoms with Crippen molar-refractivity contribution in [1.29, 1.82) is 0 Å². The van der Waals surface area contributed by atoms with E-state index in [0.717, 1.165) is 27.5 Å². The summed E-state index contributed by atoms with van der Waals surface area (Å²) in [6, 6.07) is 0. The van der Waals surface area contributed by atoms with Gasteiger partial charge in [0.2, 0.25) is 0 Å². The predicted octanol–water partition coefficient (Wildman–Crippen LogP) is 3.31. The summed E-state index contributed by atoms with van der Waals surface area (Å²) in [6.45, 7) is 7.72. The van der Waals surface area contributed by atoms with Gasteiger partial charge in [-0.25, -0.2) is 9.97 Å². The van der Waals surface area contributed by atoms with E-state index in [2.05, 4.69) is 44.8 Å². The fourth-order valence-electron chi connectivity index (χ4n) is 1.99. The minimum absolute atomic E-state index is 0.0723. The van der Waals surface area contributed by atoms with Crippen LogP contribution in [0, 0.1) is 16.4 Å². The number of nitrogens with one attached hydrogen (secondary N) is 1. The third-order valence-electron chi connectivity index (χ3n) is 3.03. The molecule has 0 amide bonds. The summed E-state index contributed by atoms with van der Waals surface area (Å²) in [7, 11) is 0. The number of ether oxygens (including phenoxy) is 1. The Bertz CT molecular complexity index is 421. The van der Waals surface area contributed by atoms with E-state index in [1.54, 1.807) is 0 Å². The van der Waals surface area contributed by atoms with E-state index in [1.165, 1.54) is 12.8 Å². The fraction of sp³-hybridized carbons (Fsp3) is 0.692. The van der Waals surface area contributed by atoms with Crippen LogP contribution in [0.4, 0.5) is 5.82 Å². The SMILES string of the molecule is CCNc1nc(C(OCC)C2CC2)nc(C)c1I. The number of aromatic nitrogens is 2. The van der Waals surface area contributed by atoms with Crippen LogP contribution in [0.1, 0.15) is 44.3 Å². The van der Waals surface area contributed by atoms with Gasteiger partial charge in [0.25, 0.3) is 0 Å². The van der Waals surface area contributed by atoms with Crippen molar-refractivity contribution >= 4 is 28.4 Å². The minimum Gasteiger partial charge on any atom is -0.370 e. The lowest BCUT2D eigenvalue weighted by atomic mass is 10.2. The summed E-state index contributed by atoms with van der Waals surface area (Å²) in [5, 5.41) is 3.30. The first-order valence-electron chi connectivity index (χ1n) is 6.56. The summed E-state index contributed by atoms with van der Waals surface area (Å²) >= 11 is 2.29. The second kappa shape index (κ2) is 6.14. The van der Waals surface area contributed by atoms with Gasteiger partial charge in [0.05, 0.1) is 9.26 Å². The minimum atomic E-state index is 0.0723. The number of aryl methyl sites for hydroxylation is 1. The third-order valence-corrected chi connectivity index (χ3v) is 4.32. The Morgan fingerprint density at radius 3 is 2.67 bits per heavy atom. The maximum absolute atomic E-state index is 5.82. The first-order chi connectivity index (χ1) is 8.67. The molecular formula is C13H20IN3O. The molecule has 1 atom stereocenters. The Kier molecular flexibility index (Phi) is 4.77. The molecule has 0 aromatic carbocycles. The highest BCUT2D eigenvalue weighted by Crippen LogP contribution is 2.42. The molecule has 2 rings (SSSR count). The van der Waals surface area contributed by atoms with E-state index in [9.17, 15) is 0 Å². The van der Waals surface area contributed by atoms with Crippen molar-refractivity contribution in [3.63, 3.8) is 0 Å². The number of hydrogen-bond acceptors (Lipinski definition) is 4. The molecule has 1 unspecified atom stereocenters. The molecule has 0 saturated heterocycles. The molecule has 0 spiro atoms. The largest absolute Gasteiger partial charge is 0.370 e. The van der Waals surface area contributed by atoms with Crippen LogP contribution in [0.2, 0.25) is 0 Å². The summed E-state index contributed by atoms with van der Waals surface area (Å²) < 4.78 is 6.93. The zero-order valence-corrected chi connectivity index (χ0v) is 13.3. The van der Waals surface area contributed by atoms with Gasteiger partial charge >= 0.3 is 0 Å². The van der Waals surface area contributed by atoms with Gasteiger partial charge in [-0.2, -0.15) is 0 Å². The van der Waals surface area contributed by atoms with Crippen molar-refractivity contribution in [2.24, 2.45) is 5.92 Å². The number of rotatable bonds is 6. The summed E-state index contributed by atoms with van der Waals surface area (Å²) in [4.78, 5) is 9.26. The van der Waals surface area contributed by atoms with Crippen LogP contribution in [0.25, 0.3) is 0 Å². The number of nitrogens with zero attached hydrogens (tertiary/aromatic N) is 2. The van der Waals surface area contributed by atoms with E-state index in [1.807, 2.05) is 13.8 Å². The van der Waals surface area contributed by atoms with Crippen molar-refractivity contribution in [1.82, 2.24) is 9.97 Å². The van der Waals surface area contributed by atoms with Crippen LogP contribution < -0.4 is 5.32 Å².